The lowest BCUT2D eigenvalue weighted by Crippen LogP contribution is -2.27. The fourth-order valence-electron chi connectivity index (χ4n) is 1.85. The summed E-state index contributed by atoms with van der Waals surface area (Å²) in [6.45, 7) is 0. The molecule has 0 radical (unpaired) electrons. The van der Waals surface area contributed by atoms with Crippen LogP contribution in [0.15, 0.2) is 48.5 Å². The molecule has 1 amide bonds. The zero-order chi connectivity index (χ0) is 15.4. The predicted molar refractivity (Wildman–Crippen MR) is 80.1 cm³/mol. The first kappa shape index (κ1) is 14.8. The van der Waals surface area contributed by atoms with Crippen LogP contribution in [-0.2, 0) is 4.79 Å². The number of carbonyl (C=O) groups is 1. The van der Waals surface area contributed by atoms with Crippen LogP contribution < -0.4 is 11.1 Å². The number of amides is 1. The third kappa shape index (κ3) is 3.49. The number of non-ortho nitro benzene ring substituents is 1. The summed E-state index contributed by atoms with van der Waals surface area (Å²) >= 11 is 5.99. The molecule has 6 nitrogen and oxygen atoms in total. The Hall–Kier alpha value is -2.60. The Balaban J connectivity index is 2.30. The van der Waals surface area contributed by atoms with Crippen LogP contribution in [0.25, 0.3) is 0 Å². The molecule has 0 aliphatic carbocycles. The van der Waals surface area contributed by atoms with Crippen molar-refractivity contribution < 1.29 is 9.72 Å². The van der Waals surface area contributed by atoms with Gasteiger partial charge >= 0.3 is 0 Å². The Kier molecular flexibility index (Phi) is 4.39. The SMILES string of the molecule is NC(=O)C(Nc1ccc([N+](=O)[O-])cc1Cl)c1ccccc1. The molecule has 0 saturated heterocycles. The van der Waals surface area contributed by atoms with Crippen molar-refractivity contribution >= 4 is 28.9 Å². The normalized spacial score (nSPS) is 11.7. The lowest BCUT2D eigenvalue weighted by molar-refractivity contribution is -0.384. The van der Waals surface area contributed by atoms with E-state index in [1.165, 1.54) is 18.2 Å². The number of halogens is 1. The van der Waals surface area contributed by atoms with Crippen LogP contribution in [0.2, 0.25) is 5.02 Å². The molecular weight excluding hydrogens is 294 g/mol. The van der Waals surface area contributed by atoms with Crippen LogP contribution in [-0.4, -0.2) is 10.8 Å². The maximum Gasteiger partial charge on any atom is 0.271 e. The number of benzene rings is 2. The Morgan fingerprint density at radius 3 is 2.43 bits per heavy atom. The topological polar surface area (TPSA) is 98.3 Å². The Morgan fingerprint density at radius 2 is 1.90 bits per heavy atom. The number of carbonyl (C=O) groups excluding carboxylic acids is 1. The molecule has 2 aromatic carbocycles. The summed E-state index contributed by atoms with van der Waals surface area (Å²) in [6, 6.07) is 12.1. The van der Waals surface area contributed by atoms with Gasteiger partial charge in [0.15, 0.2) is 0 Å². The Bertz CT molecular complexity index is 676. The van der Waals surface area contributed by atoms with E-state index in [1.807, 2.05) is 6.07 Å². The standard InChI is InChI=1S/C14H12ClN3O3/c15-11-8-10(18(20)21)6-7-12(11)17-13(14(16)19)9-4-2-1-3-5-9/h1-8,13,17H,(H2,16,19). The third-order valence-electron chi connectivity index (χ3n) is 2.88. The number of nitro groups is 1. The van der Waals surface area contributed by atoms with Gasteiger partial charge in [0, 0.05) is 12.1 Å². The molecule has 7 heteroatoms. The number of hydrogen-bond donors (Lipinski definition) is 2. The molecule has 2 aromatic rings. The monoisotopic (exact) mass is 305 g/mol. The van der Waals surface area contributed by atoms with Gasteiger partial charge in [0.2, 0.25) is 5.91 Å². The van der Waals surface area contributed by atoms with Gasteiger partial charge < -0.3 is 11.1 Å². The Morgan fingerprint density at radius 1 is 1.24 bits per heavy atom. The molecule has 0 aliphatic rings. The van der Waals surface area contributed by atoms with E-state index >= 15 is 0 Å². The minimum atomic E-state index is -0.773. The first-order valence-electron chi connectivity index (χ1n) is 6.04. The number of primary amides is 1. The van der Waals surface area contributed by atoms with Crippen LogP contribution >= 0.6 is 11.6 Å². The van der Waals surface area contributed by atoms with Gasteiger partial charge in [-0.3, -0.25) is 14.9 Å². The van der Waals surface area contributed by atoms with E-state index in [0.717, 1.165) is 0 Å². The third-order valence-corrected chi connectivity index (χ3v) is 3.19. The highest BCUT2D eigenvalue weighted by Gasteiger charge is 2.19. The van der Waals surface area contributed by atoms with Crippen molar-refractivity contribution in [1.29, 1.82) is 0 Å². The molecule has 1 atom stereocenters. The van der Waals surface area contributed by atoms with E-state index in [0.29, 0.717) is 11.3 Å². The van der Waals surface area contributed by atoms with Gasteiger partial charge in [-0.05, 0) is 11.6 Å². The summed E-state index contributed by atoms with van der Waals surface area (Å²) in [6.07, 6.45) is 0. The molecule has 0 fully saturated rings. The van der Waals surface area contributed by atoms with Crippen LogP contribution in [0.4, 0.5) is 11.4 Å². The summed E-state index contributed by atoms with van der Waals surface area (Å²) in [4.78, 5) is 21.7. The highest BCUT2D eigenvalue weighted by Crippen LogP contribution is 2.29. The molecule has 1 unspecified atom stereocenters. The van der Waals surface area contributed by atoms with Crippen LogP contribution in [0.5, 0.6) is 0 Å². The lowest BCUT2D eigenvalue weighted by atomic mass is 10.1. The summed E-state index contributed by atoms with van der Waals surface area (Å²) in [5.41, 5.74) is 6.35. The van der Waals surface area contributed by atoms with E-state index < -0.39 is 16.9 Å². The molecule has 3 N–H and O–H groups in total. The Labute approximate surface area is 125 Å². The minimum absolute atomic E-state index is 0.124. The second-order valence-corrected chi connectivity index (χ2v) is 4.72. The van der Waals surface area contributed by atoms with Gasteiger partial charge in [-0.25, -0.2) is 0 Å². The number of hydrogen-bond acceptors (Lipinski definition) is 4. The predicted octanol–water partition coefficient (Wildman–Crippen LogP) is 2.89. The minimum Gasteiger partial charge on any atom is -0.369 e. The number of rotatable bonds is 5. The van der Waals surface area contributed by atoms with Crippen LogP contribution in [0.1, 0.15) is 11.6 Å². The average Bonchev–Trinajstić information content (AvgIpc) is 2.46. The maximum atomic E-state index is 11.6. The van der Waals surface area contributed by atoms with E-state index in [4.69, 9.17) is 17.3 Å². The number of nitrogens with zero attached hydrogens (tertiary/aromatic N) is 1. The van der Waals surface area contributed by atoms with Crippen molar-refractivity contribution in [1.82, 2.24) is 0 Å². The molecule has 2 rings (SSSR count). The van der Waals surface area contributed by atoms with Gasteiger partial charge in [0.25, 0.3) is 5.69 Å². The van der Waals surface area contributed by atoms with E-state index in [1.54, 1.807) is 24.3 Å². The van der Waals surface area contributed by atoms with Gasteiger partial charge in [-0.15, -0.1) is 0 Å². The second kappa shape index (κ2) is 6.23. The summed E-state index contributed by atoms with van der Waals surface area (Å²) < 4.78 is 0. The van der Waals surface area contributed by atoms with Gasteiger partial charge in [0.05, 0.1) is 15.6 Å². The fraction of sp³-hybridized carbons (Fsp3) is 0.0714. The number of anilines is 1. The van der Waals surface area contributed by atoms with E-state index in [-0.39, 0.29) is 10.7 Å². The molecule has 0 spiro atoms. The van der Waals surface area contributed by atoms with Crippen molar-refractivity contribution in [2.24, 2.45) is 5.73 Å². The van der Waals surface area contributed by atoms with Crippen LogP contribution in [0.3, 0.4) is 0 Å². The molecule has 0 aromatic heterocycles. The molecule has 0 aliphatic heterocycles. The molecule has 0 bridgehead atoms. The highest BCUT2D eigenvalue weighted by atomic mass is 35.5. The summed E-state index contributed by atoms with van der Waals surface area (Å²) in [5.74, 6) is -0.574. The molecule has 0 heterocycles. The van der Waals surface area contributed by atoms with Gasteiger partial charge in [-0.2, -0.15) is 0 Å². The lowest BCUT2D eigenvalue weighted by Gasteiger charge is -2.17. The van der Waals surface area contributed by atoms with Crippen molar-refractivity contribution in [3.63, 3.8) is 0 Å². The largest absolute Gasteiger partial charge is 0.369 e. The van der Waals surface area contributed by atoms with Crippen molar-refractivity contribution in [2.45, 2.75) is 6.04 Å². The number of nitrogens with two attached hydrogens (primary N) is 1. The smallest absolute Gasteiger partial charge is 0.271 e. The van der Waals surface area contributed by atoms with Crippen molar-refractivity contribution in [2.75, 3.05) is 5.32 Å². The van der Waals surface area contributed by atoms with Crippen molar-refractivity contribution in [3.05, 3.63) is 69.2 Å². The first-order valence-corrected chi connectivity index (χ1v) is 6.41. The number of nitrogens with one attached hydrogen (secondary N) is 1. The molecule has 108 valence electrons. The van der Waals surface area contributed by atoms with Crippen LogP contribution in [0, 0.1) is 10.1 Å². The van der Waals surface area contributed by atoms with E-state index in [9.17, 15) is 14.9 Å². The maximum absolute atomic E-state index is 11.6. The average molecular weight is 306 g/mol. The summed E-state index contributed by atoms with van der Waals surface area (Å²) in [7, 11) is 0. The summed E-state index contributed by atoms with van der Waals surface area (Å²) in [5, 5.41) is 13.7. The zero-order valence-corrected chi connectivity index (χ0v) is 11.6. The number of nitro benzene ring substituents is 1. The zero-order valence-electron chi connectivity index (χ0n) is 10.8. The quantitative estimate of drug-likeness (QED) is 0.655. The molecule has 21 heavy (non-hydrogen) atoms. The van der Waals surface area contributed by atoms with Gasteiger partial charge in [0.1, 0.15) is 6.04 Å². The molecule has 0 saturated carbocycles. The fourth-order valence-corrected chi connectivity index (χ4v) is 2.08. The first-order chi connectivity index (χ1) is 9.99. The van der Waals surface area contributed by atoms with Crippen molar-refractivity contribution in [3.8, 4) is 0 Å². The highest BCUT2D eigenvalue weighted by molar-refractivity contribution is 6.33. The second-order valence-electron chi connectivity index (χ2n) is 4.31. The van der Waals surface area contributed by atoms with Gasteiger partial charge in [-0.1, -0.05) is 41.9 Å². The van der Waals surface area contributed by atoms with E-state index in [2.05, 4.69) is 5.32 Å². The molecular formula is C14H12ClN3O3.